The van der Waals surface area contributed by atoms with Crippen molar-refractivity contribution >= 4 is 17.2 Å². The summed E-state index contributed by atoms with van der Waals surface area (Å²) in [4.78, 5) is 0. The Bertz CT molecular complexity index is 1780. The molecular weight excluding hydrogens is 496 g/mol. The molecule has 7 rings (SSSR count). The molecule has 1 aromatic heterocycles. The molecule has 41 heavy (non-hydrogen) atoms. The molecule has 4 aromatic rings. The van der Waals surface area contributed by atoms with Crippen LogP contribution in [0.1, 0.15) is 90.9 Å². The second kappa shape index (κ2) is 10.4. The predicted octanol–water partition coefficient (Wildman–Crippen LogP) is 11.1. The number of hydrogen-bond donors (Lipinski definition) is 0. The number of hydrogen-bond acceptors (Lipinski definition) is 1. The molecule has 1 nitrogen and oxygen atoms in total. The number of furan rings is 1. The molecule has 3 aromatic carbocycles. The van der Waals surface area contributed by atoms with Gasteiger partial charge in [0, 0.05) is 16.7 Å². The van der Waals surface area contributed by atoms with Gasteiger partial charge >= 0.3 is 0 Å². The minimum absolute atomic E-state index is 0.476. The average Bonchev–Trinajstić information content (AvgIpc) is 3.57. The molecule has 0 saturated carbocycles. The van der Waals surface area contributed by atoms with Gasteiger partial charge in [-0.3, -0.25) is 0 Å². The van der Waals surface area contributed by atoms with E-state index in [2.05, 4.69) is 119 Å². The number of benzene rings is 3. The molecule has 0 amide bonds. The first-order valence-electron chi connectivity index (χ1n) is 15.3. The maximum atomic E-state index is 6.69. The number of aryl methyl sites for hydroxylation is 1. The lowest BCUT2D eigenvalue weighted by atomic mass is 9.80. The van der Waals surface area contributed by atoms with Crippen LogP contribution in [0.25, 0.3) is 39.5 Å². The molecule has 3 aliphatic rings. The predicted molar refractivity (Wildman–Crippen MR) is 174 cm³/mol. The highest BCUT2D eigenvalue weighted by atomic mass is 16.3. The van der Waals surface area contributed by atoms with Gasteiger partial charge in [0.1, 0.15) is 11.5 Å². The molecule has 0 bridgehead atoms. The quantitative estimate of drug-likeness (QED) is 0.248. The van der Waals surface area contributed by atoms with Gasteiger partial charge in [-0.15, -0.1) is 0 Å². The molecule has 204 valence electrons. The fourth-order valence-electron chi connectivity index (χ4n) is 7.16. The Balaban J connectivity index is 1.45. The Hall–Kier alpha value is -4.10. The molecule has 1 atom stereocenters. The van der Waals surface area contributed by atoms with Crippen molar-refractivity contribution in [3.8, 4) is 22.3 Å². The van der Waals surface area contributed by atoms with E-state index in [4.69, 9.17) is 4.42 Å². The summed E-state index contributed by atoms with van der Waals surface area (Å²) in [7, 11) is 0. The molecular formula is C40H38O. The lowest BCUT2D eigenvalue weighted by Crippen LogP contribution is -2.07. The molecule has 1 heteroatoms. The van der Waals surface area contributed by atoms with Crippen LogP contribution in [0.2, 0.25) is 0 Å². The highest BCUT2D eigenvalue weighted by Gasteiger charge is 2.31. The minimum Gasteiger partial charge on any atom is -0.456 e. The Morgan fingerprint density at radius 3 is 2.51 bits per heavy atom. The first kappa shape index (κ1) is 25.8. The maximum Gasteiger partial charge on any atom is 0.138 e. The van der Waals surface area contributed by atoms with Crippen molar-refractivity contribution in [3.63, 3.8) is 0 Å². The monoisotopic (exact) mass is 534 g/mol. The van der Waals surface area contributed by atoms with Gasteiger partial charge in [-0.25, -0.2) is 0 Å². The number of rotatable bonds is 5. The van der Waals surface area contributed by atoms with Crippen LogP contribution in [-0.2, 0) is 12.8 Å². The first-order chi connectivity index (χ1) is 20.1. The van der Waals surface area contributed by atoms with Crippen LogP contribution < -0.4 is 0 Å². The van der Waals surface area contributed by atoms with Crippen LogP contribution in [0.5, 0.6) is 0 Å². The standard InChI is InChI=1S/C40H38O/c1-5-10-30-27(6-2)23-36-31(30)12-9-13-32(36)37-24-29(28-18-15-25(3)16-19-28)20-22-33(37)34-21-17-26(4)39-35-11-7-8-14-38(35)41-40(34)39/h5,8-10,12-16,18-22,24,26H,6-7,11,17,23H2,1-4H3/b10-5-. The zero-order chi connectivity index (χ0) is 28.1. The second-order valence-corrected chi connectivity index (χ2v) is 11.9. The van der Waals surface area contributed by atoms with Crippen LogP contribution in [0.3, 0.4) is 0 Å². The zero-order valence-corrected chi connectivity index (χ0v) is 24.7. The number of fused-ring (bicyclic) bond motifs is 4. The van der Waals surface area contributed by atoms with Crippen molar-refractivity contribution in [2.45, 2.75) is 65.7 Å². The van der Waals surface area contributed by atoms with E-state index in [9.17, 15) is 0 Å². The summed E-state index contributed by atoms with van der Waals surface area (Å²) < 4.78 is 6.69. The third-order valence-electron chi connectivity index (χ3n) is 9.30. The highest BCUT2D eigenvalue weighted by molar-refractivity contribution is 5.95. The van der Waals surface area contributed by atoms with Crippen molar-refractivity contribution < 1.29 is 4.42 Å². The van der Waals surface area contributed by atoms with Crippen molar-refractivity contribution in [1.29, 1.82) is 0 Å². The maximum absolute atomic E-state index is 6.69. The Kier molecular flexibility index (Phi) is 6.54. The molecule has 0 N–H and O–H groups in total. The van der Waals surface area contributed by atoms with Crippen LogP contribution in [0.4, 0.5) is 0 Å². The van der Waals surface area contributed by atoms with Gasteiger partial charge in [-0.1, -0.05) is 104 Å². The molecule has 0 fully saturated rings. The van der Waals surface area contributed by atoms with Crippen molar-refractivity contribution in [3.05, 3.63) is 135 Å². The summed E-state index contributed by atoms with van der Waals surface area (Å²) in [6, 6.07) is 22.9. The van der Waals surface area contributed by atoms with E-state index in [-0.39, 0.29) is 0 Å². The average molecular weight is 535 g/mol. The summed E-state index contributed by atoms with van der Waals surface area (Å²) >= 11 is 0. The van der Waals surface area contributed by atoms with Gasteiger partial charge in [-0.05, 0) is 109 Å². The van der Waals surface area contributed by atoms with E-state index < -0.39 is 0 Å². The lowest BCUT2D eigenvalue weighted by Gasteiger charge is -2.23. The molecule has 0 saturated heterocycles. The summed E-state index contributed by atoms with van der Waals surface area (Å²) in [6.45, 7) is 8.92. The third-order valence-corrected chi connectivity index (χ3v) is 9.30. The molecule has 0 spiro atoms. The Morgan fingerprint density at radius 2 is 1.71 bits per heavy atom. The van der Waals surface area contributed by atoms with E-state index in [0.717, 1.165) is 43.6 Å². The number of allylic oxidation sites excluding steroid dienone is 6. The molecule has 3 aliphatic carbocycles. The van der Waals surface area contributed by atoms with Crippen LogP contribution >= 0.6 is 0 Å². The fraction of sp³-hybridized carbons (Fsp3) is 0.250. The van der Waals surface area contributed by atoms with E-state index in [1.165, 1.54) is 72.4 Å². The summed E-state index contributed by atoms with van der Waals surface area (Å²) in [5, 5.41) is 0. The van der Waals surface area contributed by atoms with E-state index in [1.807, 2.05) is 0 Å². The van der Waals surface area contributed by atoms with Crippen molar-refractivity contribution in [1.82, 2.24) is 0 Å². The topological polar surface area (TPSA) is 13.1 Å². The van der Waals surface area contributed by atoms with Gasteiger partial charge in [-0.2, -0.15) is 0 Å². The molecule has 0 aliphatic heterocycles. The third kappa shape index (κ3) is 4.30. The normalized spacial score (nSPS) is 17.6. The van der Waals surface area contributed by atoms with Crippen molar-refractivity contribution in [2.24, 2.45) is 0 Å². The van der Waals surface area contributed by atoms with Gasteiger partial charge in [0.25, 0.3) is 0 Å². The van der Waals surface area contributed by atoms with Crippen LogP contribution in [0, 0.1) is 6.92 Å². The molecule has 1 unspecified atom stereocenters. The Morgan fingerprint density at radius 1 is 0.902 bits per heavy atom. The second-order valence-electron chi connectivity index (χ2n) is 11.9. The fourth-order valence-corrected chi connectivity index (χ4v) is 7.16. The van der Waals surface area contributed by atoms with Crippen molar-refractivity contribution in [2.75, 3.05) is 0 Å². The Labute approximate surface area is 244 Å². The van der Waals surface area contributed by atoms with E-state index in [0.29, 0.717) is 5.92 Å². The van der Waals surface area contributed by atoms with Crippen LogP contribution in [-0.4, -0.2) is 0 Å². The minimum atomic E-state index is 0.476. The zero-order valence-electron chi connectivity index (χ0n) is 24.7. The van der Waals surface area contributed by atoms with Gasteiger partial charge in [0.05, 0.1) is 0 Å². The molecule has 0 radical (unpaired) electrons. The van der Waals surface area contributed by atoms with Gasteiger partial charge < -0.3 is 4.42 Å². The summed E-state index contributed by atoms with van der Waals surface area (Å²) in [5.41, 5.74) is 17.6. The lowest BCUT2D eigenvalue weighted by molar-refractivity contribution is 0.530. The summed E-state index contributed by atoms with van der Waals surface area (Å²) in [5.74, 6) is 2.62. The van der Waals surface area contributed by atoms with Gasteiger partial charge in [0.2, 0.25) is 0 Å². The van der Waals surface area contributed by atoms with Crippen LogP contribution in [0.15, 0.2) is 95.0 Å². The smallest absolute Gasteiger partial charge is 0.138 e. The highest BCUT2D eigenvalue weighted by Crippen LogP contribution is 2.48. The molecule has 1 heterocycles. The van der Waals surface area contributed by atoms with Gasteiger partial charge in [0.15, 0.2) is 0 Å². The van der Waals surface area contributed by atoms with E-state index >= 15 is 0 Å². The first-order valence-corrected chi connectivity index (χ1v) is 15.3. The summed E-state index contributed by atoms with van der Waals surface area (Å²) in [6.07, 6.45) is 16.6. The SMILES string of the molecule is C/C=C\C1=C(CC)Cc2c1cccc2-c1cc(-c2ccc(C)cc2)ccc1C1=CCC(C)c2c1oc1c2CCC=C1. The van der Waals surface area contributed by atoms with E-state index in [1.54, 1.807) is 0 Å². The largest absolute Gasteiger partial charge is 0.456 e.